The van der Waals surface area contributed by atoms with Crippen molar-refractivity contribution in [3.8, 4) is 0 Å². The van der Waals surface area contributed by atoms with Gasteiger partial charge in [0.15, 0.2) is 0 Å². The van der Waals surface area contributed by atoms with Crippen LogP contribution in [0.4, 0.5) is 11.4 Å². The number of hydrogen-bond acceptors (Lipinski definition) is 6. The minimum Gasteiger partial charge on any atom is -0.481 e. The summed E-state index contributed by atoms with van der Waals surface area (Å²) in [6.07, 6.45) is -0.0810. The molecule has 0 heterocycles. The average molecular weight is 357 g/mol. The second kappa shape index (κ2) is 8.47. The second-order valence-electron chi connectivity index (χ2n) is 5.43. The highest BCUT2D eigenvalue weighted by atomic mass is 16.6. The molecule has 9 heteroatoms. The molecule has 26 heavy (non-hydrogen) atoms. The molecule has 134 valence electrons. The van der Waals surface area contributed by atoms with Gasteiger partial charge in [0.25, 0.3) is 11.6 Å². The molecule has 1 amide bonds. The van der Waals surface area contributed by atoms with Crippen molar-refractivity contribution < 1.29 is 19.6 Å². The van der Waals surface area contributed by atoms with Crippen molar-refractivity contribution in [3.63, 3.8) is 0 Å². The number of nitroso groups, excluding NO2 is 1. The average Bonchev–Trinajstić information content (AvgIpc) is 2.63. The SMILES string of the molecule is O=NC(CCC(=O)O)c1ccc(NC(=O)c2ccc([N+](=O)[O-])cc2)cc1. The Balaban J connectivity index is 2.03. The van der Waals surface area contributed by atoms with E-state index in [0.717, 1.165) is 0 Å². The zero-order valence-electron chi connectivity index (χ0n) is 13.5. The Morgan fingerprint density at radius 1 is 1.12 bits per heavy atom. The predicted molar refractivity (Wildman–Crippen MR) is 92.9 cm³/mol. The van der Waals surface area contributed by atoms with Gasteiger partial charge in [-0.1, -0.05) is 17.3 Å². The Morgan fingerprint density at radius 3 is 2.23 bits per heavy atom. The molecular formula is C17H15N3O6. The zero-order valence-corrected chi connectivity index (χ0v) is 13.5. The maximum absolute atomic E-state index is 12.1. The Kier molecular flexibility index (Phi) is 6.10. The van der Waals surface area contributed by atoms with Gasteiger partial charge in [0.1, 0.15) is 6.04 Å². The molecule has 0 spiro atoms. The van der Waals surface area contributed by atoms with Crippen molar-refractivity contribution in [3.05, 3.63) is 74.7 Å². The van der Waals surface area contributed by atoms with E-state index in [1.807, 2.05) is 0 Å². The molecule has 0 bridgehead atoms. The molecule has 0 aliphatic heterocycles. The number of aliphatic carboxylic acids is 1. The van der Waals surface area contributed by atoms with Crippen LogP contribution in [-0.4, -0.2) is 21.9 Å². The number of carboxylic acid groups (broad SMARTS) is 1. The van der Waals surface area contributed by atoms with Crippen LogP contribution >= 0.6 is 0 Å². The smallest absolute Gasteiger partial charge is 0.303 e. The summed E-state index contributed by atoms with van der Waals surface area (Å²) in [4.78, 5) is 43.7. The fraction of sp³-hybridized carbons (Fsp3) is 0.176. The molecule has 0 aliphatic carbocycles. The summed E-state index contributed by atoms with van der Waals surface area (Å²) < 4.78 is 0. The van der Waals surface area contributed by atoms with E-state index < -0.39 is 22.8 Å². The number of carboxylic acids is 1. The molecule has 2 aromatic carbocycles. The lowest BCUT2D eigenvalue weighted by Crippen LogP contribution is -2.12. The van der Waals surface area contributed by atoms with Crippen LogP contribution in [0.2, 0.25) is 0 Å². The third kappa shape index (κ3) is 4.94. The number of non-ortho nitro benzene ring substituents is 1. The molecule has 0 saturated heterocycles. The van der Waals surface area contributed by atoms with Crippen molar-refractivity contribution in [2.75, 3.05) is 5.32 Å². The number of hydrogen-bond donors (Lipinski definition) is 2. The van der Waals surface area contributed by atoms with Crippen molar-refractivity contribution >= 4 is 23.3 Å². The summed E-state index contributed by atoms with van der Waals surface area (Å²) >= 11 is 0. The predicted octanol–water partition coefficient (Wildman–Crippen LogP) is 3.52. The third-order valence-corrected chi connectivity index (χ3v) is 3.65. The van der Waals surface area contributed by atoms with Gasteiger partial charge >= 0.3 is 5.97 Å². The third-order valence-electron chi connectivity index (χ3n) is 3.65. The van der Waals surface area contributed by atoms with Crippen LogP contribution in [-0.2, 0) is 4.79 Å². The minimum absolute atomic E-state index is 0.0906. The van der Waals surface area contributed by atoms with E-state index in [0.29, 0.717) is 11.3 Å². The number of nitrogens with zero attached hydrogens (tertiary/aromatic N) is 2. The first kappa shape index (κ1) is 18.7. The quantitative estimate of drug-likeness (QED) is 0.421. The number of nitro groups is 1. The molecule has 9 nitrogen and oxygen atoms in total. The van der Waals surface area contributed by atoms with E-state index in [2.05, 4.69) is 10.5 Å². The van der Waals surface area contributed by atoms with Crippen molar-refractivity contribution in [2.24, 2.45) is 5.18 Å². The lowest BCUT2D eigenvalue weighted by Gasteiger charge is -2.10. The van der Waals surface area contributed by atoms with Gasteiger partial charge in [-0.3, -0.25) is 19.7 Å². The molecule has 0 aromatic heterocycles. The summed E-state index contributed by atoms with van der Waals surface area (Å²) in [5.41, 5.74) is 1.16. The van der Waals surface area contributed by atoms with Gasteiger partial charge < -0.3 is 10.4 Å². The molecule has 1 atom stereocenters. The largest absolute Gasteiger partial charge is 0.481 e. The summed E-state index contributed by atoms with van der Waals surface area (Å²) in [7, 11) is 0. The van der Waals surface area contributed by atoms with Gasteiger partial charge in [-0.25, -0.2) is 0 Å². The van der Waals surface area contributed by atoms with Gasteiger partial charge in [0.2, 0.25) is 0 Å². The topological polar surface area (TPSA) is 139 Å². The van der Waals surface area contributed by atoms with Crippen LogP contribution in [0, 0.1) is 15.0 Å². The number of anilines is 1. The Labute approximate surface area is 147 Å². The fourth-order valence-electron chi connectivity index (χ4n) is 2.27. The van der Waals surface area contributed by atoms with Crippen LogP contribution in [0.15, 0.2) is 53.7 Å². The van der Waals surface area contributed by atoms with Crippen LogP contribution in [0.5, 0.6) is 0 Å². The lowest BCUT2D eigenvalue weighted by atomic mass is 10.0. The summed E-state index contributed by atoms with van der Waals surface area (Å²) in [5.74, 6) is -1.45. The number of carbonyl (C=O) groups excluding carboxylic acids is 1. The van der Waals surface area contributed by atoms with Crippen LogP contribution in [0.3, 0.4) is 0 Å². The van der Waals surface area contributed by atoms with E-state index >= 15 is 0 Å². The van der Waals surface area contributed by atoms with Gasteiger partial charge in [0.05, 0.1) is 4.92 Å². The Morgan fingerprint density at radius 2 is 1.73 bits per heavy atom. The van der Waals surface area contributed by atoms with E-state index in [1.54, 1.807) is 24.3 Å². The van der Waals surface area contributed by atoms with Crippen LogP contribution in [0.25, 0.3) is 0 Å². The lowest BCUT2D eigenvalue weighted by molar-refractivity contribution is -0.384. The van der Waals surface area contributed by atoms with Gasteiger partial charge in [0, 0.05) is 29.8 Å². The molecule has 1 unspecified atom stereocenters. The first-order valence-corrected chi connectivity index (χ1v) is 7.60. The molecule has 2 aromatic rings. The van der Waals surface area contributed by atoms with Crippen LogP contribution < -0.4 is 5.32 Å². The number of nitrogens with one attached hydrogen (secondary N) is 1. The number of amides is 1. The van der Waals surface area contributed by atoms with E-state index in [9.17, 15) is 24.6 Å². The fourth-order valence-corrected chi connectivity index (χ4v) is 2.27. The highest BCUT2D eigenvalue weighted by Gasteiger charge is 2.14. The zero-order chi connectivity index (χ0) is 19.1. The molecule has 0 radical (unpaired) electrons. The van der Waals surface area contributed by atoms with Crippen LogP contribution in [0.1, 0.15) is 34.8 Å². The Bertz CT molecular complexity index is 817. The van der Waals surface area contributed by atoms with Gasteiger partial charge in [-0.15, -0.1) is 0 Å². The maximum atomic E-state index is 12.1. The van der Waals surface area contributed by atoms with Gasteiger partial charge in [-0.2, -0.15) is 4.91 Å². The number of carbonyl (C=O) groups is 2. The molecule has 0 saturated carbocycles. The highest BCUT2D eigenvalue weighted by molar-refractivity contribution is 6.04. The first-order chi connectivity index (χ1) is 12.4. The molecular weight excluding hydrogens is 342 g/mol. The second-order valence-corrected chi connectivity index (χ2v) is 5.43. The normalized spacial score (nSPS) is 11.4. The molecule has 2 rings (SSSR count). The molecule has 0 aliphatic rings. The van der Waals surface area contributed by atoms with Crippen molar-refractivity contribution in [1.29, 1.82) is 0 Å². The number of benzene rings is 2. The van der Waals surface area contributed by atoms with Crippen molar-refractivity contribution in [2.45, 2.75) is 18.9 Å². The van der Waals surface area contributed by atoms with Crippen molar-refractivity contribution in [1.82, 2.24) is 0 Å². The maximum Gasteiger partial charge on any atom is 0.303 e. The van der Waals surface area contributed by atoms with Gasteiger partial charge in [-0.05, 0) is 36.2 Å². The number of rotatable bonds is 8. The summed E-state index contributed by atoms with van der Waals surface area (Å²) in [6.45, 7) is 0. The highest BCUT2D eigenvalue weighted by Crippen LogP contribution is 2.24. The van der Waals surface area contributed by atoms with E-state index in [1.165, 1.54) is 24.3 Å². The van der Waals surface area contributed by atoms with E-state index in [4.69, 9.17) is 5.11 Å². The Hall–Kier alpha value is -3.62. The minimum atomic E-state index is -1.01. The number of nitro benzene ring substituents is 1. The monoisotopic (exact) mass is 357 g/mol. The summed E-state index contributed by atoms with van der Waals surface area (Å²) in [6, 6.07) is 10.7. The molecule has 2 N–H and O–H groups in total. The standard InChI is InChI=1S/C17H15N3O6/c21-16(22)10-9-15(19-24)11-1-5-13(6-2-11)18-17(23)12-3-7-14(8-4-12)20(25)26/h1-8,15H,9-10H2,(H,18,23)(H,21,22). The van der Waals surface area contributed by atoms with E-state index in [-0.39, 0.29) is 24.1 Å². The summed E-state index contributed by atoms with van der Waals surface area (Å²) in [5, 5.41) is 24.9. The molecule has 0 fully saturated rings. The first-order valence-electron chi connectivity index (χ1n) is 7.60.